The number of piperazine rings is 1. The van der Waals surface area contributed by atoms with Gasteiger partial charge < -0.3 is 29.4 Å². The number of nitrogens with one attached hydrogen (secondary N) is 2. The number of ether oxygens (including phenoxy) is 2. The zero-order valence-corrected chi connectivity index (χ0v) is 17.5. The number of fused-ring (bicyclic) bond motifs is 1. The molecule has 3 heterocycles. The van der Waals surface area contributed by atoms with Crippen LogP contribution in [0.5, 0.6) is 11.5 Å². The van der Waals surface area contributed by atoms with Crippen molar-refractivity contribution in [1.82, 2.24) is 24.4 Å². The van der Waals surface area contributed by atoms with Crippen LogP contribution in [0.1, 0.15) is 0 Å². The van der Waals surface area contributed by atoms with E-state index in [2.05, 4.69) is 15.3 Å². The number of imidazole rings is 1. The van der Waals surface area contributed by atoms with Crippen molar-refractivity contribution in [3.63, 3.8) is 0 Å². The van der Waals surface area contributed by atoms with E-state index in [4.69, 9.17) is 9.47 Å². The zero-order chi connectivity index (χ0) is 22.0. The number of aromatic amines is 1. The predicted molar refractivity (Wildman–Crippen MR) is 115 cm³/mol. The van der Waals surface area contributed by atoms with E-state index in [9.17, 15) is 14.7 Å². The van der Waals surface area contributed by atoms with Crippen molar-refractivity contribution in [3.05, 3.63) is 45.1 Å². The van der Waals surface area contributed by atoms with E-state index in [1.54, 1.807) is 43.0 Å². The number of aromatic nitrogens is 4. The van der Waals surface area contributed by atoms with Gasteiger partial charge in [-0.3, -0.25) is 14.3 Å². The molecule has 1 saturated heterocycles. The third kappa shape index (κ3) is 4.28. The highest BCUT2D eigenvalue weighted by Crippen LogP contribution is 2.21. The van der Waals surface area contributed by atoms with Crippen LogP contribution in [-0.4, -0.2) is 70.2 Å². The molecule has 11 heteroatoms. The van der Waals surface area contributed by atoms with Crippen LogP contribution in [0.2, 0.25) is 0 Å². The van der Waals surface area contributed by atoms with E-state index >= 15 is 0 Å². The molecule has 3 aromatic rings. The summed E-state index contributed by atoms with van der Waals surface area (Å²) in [6.45, 7) is 3.08. The first-order valence-electron chi connectivity index (χ1n) is 10.1. The molecule has 0 bridgehead atoms. The SMILES string of the molecule is COc1ccc(OC[C@@H](O)Cn2c(N3CCNCC3)nc3c2c(=O)[nH]c(=O)n3C)cc1. The molecule has 166 valence electrons. The summed E-state index contributed by atoms with van der Waals surface area (Å²) < 4.78 is 13.8. The third-order valence-corrected chi connectivity index (χ3v) is 5.28. The molecule has 1 aromatic carbocycles. The van der Waals surface area contributed by atoms with E-state index in [1.807, 2.05) is 4.90 Å². The van der Waals surface area contributed by atoms with E-state index in [-0.39, 0.29) is 24.3 Å². The molecule has 1 atom stereocenters. The van der Waals surface area contributed by atoms with Gasteiger partial charge in [0.05, 0.1) is 13.7 Å². The van der Waals surface area contributed by atoms with Crippen LogP contribution in [-0.2, 0) is 13.6 Å². The molecule has 31 heavy (non-hydrogen) atoms. The second kappa shape index (κ2) is 8.82. The minimum absolute atomic E-state index is 0.0245. The summed E-state index contributed by atoms with van der Waals surface area (Å²) in [4.78, 5) is 33.6. The molecule has 3 N–H and O–H groups in total. The Hall–Kier alpha value is -3.31. The topological polar surface area (TPSA) is 127 Å². The summed E-state index contributed by atoms with van der Waals surface area (Å²) in [5.41, 5.74) is -0.530. The van der Waals surface area contributed by atoms with Crippen molar-refractivity contribution in [1.29, 1.82) is 0 Å². The highest BCUT2D eigenvalue weighted by Gasteiger charge is 2.24. The quantitative estimate of drug-likeness (QED) is 0.448. The lowest BCUT2D eigenvalue weighted by Gasteiger charge is -2.29. The third-order valence-electron chi connectivity index (χ3n) is 5.28. The fraction of sp³-hybridized carbons (Fsp3) is 0.450. The summed E-state index contributed by atoms with van der Waals surface area (Å²) in [5, 5.41) is 13.9. The van der Waals surface area contributed by atoms with Crippen molar-refractivity contribution in [3.8, 4) is 11.5 Å². The number of rotatable bonds is 7. The lowest BCUT2D eigenvalue weighted by Crippen LogP contribution is -2.45. The maximum absolute atomic E-state index is 12.6. The molecule has 11 nitrogen and oxygen atoms in total. The number of aryl methyl sites for hydroxylation is 1. The van der Waals surface area contributed by atoms with Crippen molar-refractivity contribution in [2.24, 2.45) is 7.05 Å². The highest BCUT2D eigenvalue weighted by atomic mass is 16.5. The number of anilines is 1. The van der Waals surface area contributed by atoms with Gasteiger partial charge in [-0.25, -0.2) is 4.79 Å². The molecule has 0 amide bonds. The zero-order valence-electron chi connectivity index (χ0n) is 17.5. The van der Waals surface area contributed by atoms with Crippen LogP contribution < -0.4 is 30.9 Å². The van der Waals surface area contributed by atoms with Gasteiger partial charge in [0.1, 0.15) is 24.2 Å². The molecular formula is C20H26N6O5. The largest absolute Gasteiger partial charge is 0.497 e. The maximum Gasteiger partial charge on any atom is 0.329 e. The molecule has 4 rings (SSSR count). The number of hydrogen-bond donors (Lipinski definition) is 3. The van der Waals surface area contributed by atoms with Gasteiger partial charge in [-0.1, -0.05) is 0 Å². The average Bonchev–Trinajstić information content (AvgIpc) is 3.17. The monoisotopic (exact) mass is 430 g/mol. The van der Waals surface area contributed by atoms with E-state index < -0.39 is 17.4 Å². The van der Waals surface area contributed by atoms with Crippen molar-refractivity contribution < 1.29 is 14.6 Å². The number of methoxy groups -OCH3 is 1. The summed E-state index contributed by atoms with van der Waals surface area (Å²) in [5.74, 6) is 1.85. The normalized spacial score (nSPS) is 15.3. The maximum atomic E-state index is 12.6. The van der Waals surface area contributed by atoms with Crippen LogP contribution in [0.25, 0.3) is 11.2 Å². The van der Waals surface area contributed by atoms with Gasteiger partial charge in [0.15, 0.2) is 11.2 Å². The van der Waals surface area contributed by atoms with Gasteiger partial charge in [0.25, 0.3) is 5.56 Å². The molecule has 1 fully saturated rings. The minimum atomic E-state index is -0.905. The van der Waals surface area contributed by atoms with Gasteiger partial charge >= 0.3 is 5.69 Å². The van der Waals surface area contributed by atoms with Crippen LogP contribution in [0.4, 0.5) is 5.95 Å². The minimum Gasteiger partial charge on any atom is -0.497 e. The van der Waals surface area contributed by atoms with Crippen molar-refractivity contribution in [2.75, 3.05) is 44.8 Å². The Balaban J connectivity index is 1.62. The molecule has 1 aliphatic heterocycles. The molecule has 2 aromatic heterocycles. The molecule has 0 radical (unpaired) electrons. The Kier molecular flexibility index (Phi) is 5.96. The van der Waals surface area contributed by atoms with E-state index in [0.717, 1.165) is 13.1 Å². The lowest BCUT2D eigenvalue weighted by atomic mass is 10.3. The molecule has 0 saturated carbocycles. The number of H-pyrrole nitrogens is 1. The van der Waals surface area contributed by atoms with Crippen LogP contribution >= 0.6 is 0 Å². The first kappa shape index (κ1) is 20.9. The number of aliphatic hydroxyl groups is 1. The average molecular weight is 430 g/mol. The van der Waals surface area contributed by atoms with Gasteiger partial charge in [-0.15, -0.1) is 0 Å². The fourth-order valence-corrected chi connectivity index (χ4v) is 3.63. The molecule has 0 spiro atoms. The second-order valence-corrected chi connectivity index (χ2v) is 7.39. The molecule has 0 aliphatic carbocycles. The Bertz CT molecular complexity index is 1160. The number of benzene rings is 1. The van der Waals surface area contributed by atoms with Crippen LogP contribution in [0, 0.1) is 0 Å². The Labute approximate surface area is 177 Å². The standard InChI is InChI=1S/C20H26N6O5/c1-24-17-16(18(28)23-20(24)29)26(19(22-17)25-9-7-21-8-10-25)11-13(27)12-31-15-5-3-14(30-2)4-6-15/h3-6,13,21,27H,7-12H2,1-2H3,(H,23,28,29)/t13-/m0/s1. The van der Waals surface area contributed by atoms with Crippen molar-refractivity contribution >= 4 is 17.1 Å². The first-order valence-corrected chi connectivity index (χ1v) is 10.1. The van der Waals surface area contributed by atoms with Gasteiger partial charge in [-0.2, -0.15) is 4.98 Å². The Morgan fingerprint density at radius 3 is 2.52 bits per heavy atom. The lowest BCUT2D eigenvalue weighted by molar-refractivity contribution is 0.0936. The van der Waals surface area contributed by atoms with E-state index in [0.29, 0.717) is 30.5 Å². The van der Waals surface area contributed by atoms with Crippen LogP contribution in [0.15, 0.2) is 33.9 Å². The van der Waals surface area contributed by atoms with Gasteiger partial charge in [-0.05, 0) is 24.3 Å². The second-order valence-electron chi connectivity index (χ2n) is 7.39. The summed E-state index contributed by atoms with van der Waals surface area (Å²) >= 11 is 0. The number of hydrogen-bond acceptors (Lipinski definition) is 8. The number of aliphatic hydroxyl groups excluding tert-OH is 1. The van der Waals surface area contributed by atoms with Crippen molar-refractivity contribution in [2.45, 2.75) is 12.6 Å². The van der Waals surface area contributed by atoms with Crippen LogP contribution in [0.3, 0.4) is 0 Å². The van der Waals surface area contributed by atoms with Gasteiger partial charge in [0, 0.05) is 33.2 Å². The highest BCUT2D eigenvalue weighted by molar-refractivity contribution is 5.74. The molecule has 0 unspecified atom stereocenters. The smallest absolute Gasteiger partial charge is 0.329 e. The summed E-state index contributed by atoms with van der Waals surface area (Å²) in [7, 11) is 3.14. The Morgan fingerprint density at radius 2 is 1.84 bits per heavy atom. The summed E-state index contributed by atoms with van der Waals surface area (Å²) in [6.07, 6.45) is -0.905. The molecular weight excluding hydrogens is 404 g/mol. The van der Waals surface area contributed by atoms with E-state index in [1.165, 1.54) is 4.57 Å². The first-order chi connectivity index (χ1) is 15.0. The molecule has 1 aliphatic rings. The Morgan fingerprint density at radius 1 is 1.16 bits per heavy atom. The predicted octanol–water partition coefficient (Wildman–Crippen LogP) is -0.719. The fourth-order valence-electron chi connectivity index (χ4n) is 3.63. The summed E-state index contributed by atoms with van der Waals surface area (Å²) in [6, 6.07) is 7.05. The van der Waals surface area contributed by atoms with Gasteiger partial charge in [0.2, 0.25) is 5.95 Å². The number of nitrogens with zero attached hydrogens (tertiary/aromatic N) is 4.